The Morgan fingerprint density at radius 2 is 1.68 bits per heavy atom. The Morgan fingerprint density at radius 1 is 1.11 bits per heavy atom. The number of rotatable bonds is 7. The van der Waals surface area contributed by atoms with Gasteiger partial charge in [0.1, 0.15) is 0 Å². The van der Waals surface area contributed by atoms with Gasteiger partial charge in [0.15, 0.2) is 0 Å². The molecule has 0 aliphatic rings. The lowest BCUT2D eigenvalue weighted by Crippen LogP contribution is -2.37. The summed E-state index contributed by atoms with van der Waals surface area (Å²) in [5.74, 6) is 1.30. The second-order valence-corrected chi connectivity index (χ2v) is 13.3. The predicted octanol–water partition coefficient (Wildman–Crippen LogP) is 4.84. The molecule has 4 heteroatoms. The number of halogens is 1. The van der Waals surface area contributed by atoms with E-state index in [4.69, 9.17) is 11.6 Å². The minimum Gasteiger partial charge on any atom is -0.330 e. The van der Waals surface area contributed by atoms with E-state index >= 15 is 0 Å². The zero-order valence-electron chi connectivity index (χ0n) is 12.9. The van der Waals surface area contributed by atoms with Gasteiger partial charge in [0.2, 0.25) is 0 Å². The molecule has 19 heavy (non-hydrogen) atoms. The van der Waals surface area contributed by atoms with Gasteiger partial charge in [-0.3, -0.25) is 0 Å². The molecule has 0 heterocycles. The summed E-state index contributed by atoms with van der Waals surface area (Å²) in [6.45, 7) is 5.91. The van der Waals surface area contributed by atoms with Crippen LogP contribution in [0.5, 0.6) is 0 Å². The number of thiol groups is 1. The zero-order valence-corrected chi connectivity index (χ0v) is 15.4. The van der Waals surface area contributed by atoms with Crippen LogP contribution in [0.3, 0.4) is 0 Å². The molecule has 1 rings (SSSR count). The van der Waals surface area contributed by atoms with E-state index in [1.165, 1.54) is 29.5 Å². The predicted molar refractivity (Wildman–Crippen MR) is 94.5 cm³/mol. The van der Waals surface area contributed by atoms with Gasteiger partial charge < -0.3 is 4.48 Å². The zero-order chi connectivity index (χ0) is 14.5. The van der Waals surface area contributed by atoms with E-state index in [1.54, 1.807) is 0 Å². The molecule has 0 spiro atoms. The van der Waals surface area contributed by atoms with Gasteiger partial charge >= 0.3 is 0 Å². The standard InChI is InChI=1S/C15H28ClNPS/c1-6-18(7-2)19(13-12-17(3,4)5)15-11-9-8-10-14(15)16/h8-11,19H,6-7,12-13H2,1-5H3/q+1. The lowest BCUT2D eigenvalue weighted by molar-refractivity contribution is -0.867. The first-order valence-corrected chi connectivity index (χ1v) is 11.3. The first-order valence-electron chi connectivity index (χ1n) is 6.96. The van der Waals surface area contributed by atoms with Gasteiger partial charge in [0, 0.05) is 10.6 Å². The van der Waals surface area contributed by atoms with Crippen molar-refractivity contribution in [2.24, 2.45) is 0 Å². The van der Waals surface area contributed by atoms with Gasteiger partial charge in [-0.15, -0.1) is 0 Å². The smallest absolute Gasteiger partial charge is 0.0861 e. The normalized spacial score (nSPS) is 14.8. The van der Waals surface area contributed by atoms with Gasteiger partial charge in [0.25, 0.3) is 0 Å². The number of hydrogen-bond donors (Lipinski definition) is 1. The number of benzene rings is 1. The van der Waals surface area contributed by atoms with Crippen LogP contribution in [0.2, 0.25) is 5.02 Å². The molecule has 0 radical (unpaired) electrons. The van der Waals surface area contributed by atoms with E-state index < -0.39 is 0 Å². The molecule has 1 unspecified atom stereocenters. The van der Waals surface area contributed by atoms with Crippen LogP contribution in [0.4, 0.5) is 0 Å². The van der Waals surface area contributed by atoms with Crippen molar-refractivity contribution >= 4 is 29.2 Å². The number of hydrogen-bond acceptors (Lipinski definition) is 0. The largest absolute Gasteiger partial charge is 0.330 e. The molecular formula is C15H28ClNPS+. The highest BCUT2D eigenvalue weighted by atomic mass is 35.5. The summed E-state index contributed by atoms with van der Waals surface area (Å²) in [6, 6.07) is 8.49. The molecule has 0 N–H and O–H groups in total. The van der Waals surface area contributed by atoms with Crippen molar-refractivity contribution in [1.82, 2.24) is 0 Å². The van der Waals surface area contributed by atoms with Crippen LogP contribution in [0.1, 0.15) is 13.8 Å². The molecule has 0 saturated heterocycles. The Labute approximate surface area is 127 Å². The third-order valence-electron chi connectivity index (χ3n) is 3.18. The topological polar surface area (TPSA) is 0 Å². The maximum atomic E-state index is 6.45. The van der Waals surface area contributed by atoms with Crippen LogP contribution in [-0.4, -0.2) is 50.2 Å². The average Bonchev–Trinajstić information content (AvgIpc) is 2.34. The van der Waals surface area contributed by atoms with Crippen molar-refractivity contribution < 1.29 is 4.48 Å². The Balaban J connectivity index is 2.95. The minimum atomic E-state index is -0.0873. The Morgan fingerprint density at radius 3 is 2.16 bits per heavy atom. The fraction of sp³-hybridized carbons (Fsp3) is 0.600. The van der Waals surface area contributed by atoms with E-state index in [0.29, 0.717) is 0 Å². The van der Waals surface area contributed by atoms with Crippen molar-refractivity contribution in [3.63, 3.8) is 0 Å². The molecule has 0 saturated carbocycles. The molecule has 0 fully saturated rings. The third-order valence-corrected chi connectivity index (χ3v) is 12.4. The maximum absolute atomic E-state index is 6.45. The van der Waals surface area contributed by atoms with Gasteiger partial charge in [-0.1, -0.05) is 44.7 Å². The minimum absolute atomic E-state index is 0.0873. The summed E-state index contributed by atoms with van der Waals surface area (Å²) in [6.07, 6.45) is 2.64. The van der Waals surface area contributed by atoms with Crippen molar-refractivity contribution in [2.45, 2.75) is 18.7 Å². The monoisotopic (exact) mass is 320 g/mol. The van der Waals surface area contributed by atoms with Gasteiger partial charge in [-0.05, 0) is 24.5 Å². The molecule has 0 aliphatic heterocycles. The van der Waals surface area contributed by atoms with Crippen LogP contribution < -0.4 is 0 Å². The summed E-state index contributed by atoms with van der Waals surface area (Å²) >= 11 is 6.45. The Bertz CT molecular complexity index is 388. The summed E-state index contributed by atoms with van der Waals surface area (Å²) < 4.78 is 1.04. The lowest BCUT2D eigenvalue weighted by Gasteiger charge is -2.34. The molecule has 1 aromatic rings. The average molecular weight is 321 g/mol. The molecule has 1 atom stereocenters. The molecule has 1 nitrogen and oxygen atoms in total. The lowest BCUT2D eigenvalue weighted by atomic mass is 10.4. The van der Waals surface area contributed by atoms with Crippen molar-refractivity contribution in [3.8, 4) is 0 Å². The van der Waals surface area contributed by atoms with Gasteiger partial charge in [-0.25, -0.2) is 0 Å². The highest BCUT2D eigenvalue weighted by Crippen LogP contribution is 2.66. The van der Waals surface area contributed by atoms with E-state index in [2.05, 4.69) is 53.2 Å². The summed E-state index contributed by atoms with van der Waals surface area (Å²) in [5, 5.41) is 0.976. The van der Waals surface area contributed by atoms with Crippen LogP contribution in [0.25, 0.3) is 0 Å². The van der Waals surface area contributed by atoms with Crippen LogP contribution in [0.15, 0.2) is 29.2 Å². The van der Waals surface area contributed by atoms with E-state index in [9.17, 15) is 0 Å². The van der Waals surface area contributed by atoms with Gasteiger partial charge in [0.05, 0.1) is 32.7 Å². The third kappa shape index (κ3) is 5.63. The van der Waals surface area contributed by atoms with Crippen LogP contribution in [-0.2, 0) is 0 Å². The summed E-state index contributed by atoms with van der Waals surface area (Å²) in [5.41, 5.74) is 0. The molecule has 110 valence electrons. The molecule has 0 aliphatic carbocycles. The van der Waals surface area contributed by atoms with E-state index in [1.807, 2.05) is 6.07 Å². The number of nitrogens with zero attached hydrogens (tertiary/aromatic N) is 1. The van der Waals surface area contributed by atoms with Crippen LogP contribution >= 0.6 is 29.2 Å². The van der Waals surface area contributed by atoms with Crippen LogP contribution in [0, 0.1) is 0 Å². The summed E-state index contributed by atoms with van der Waals surface area (Å²) in [7, 11) is 6.85. The fourth-order valence-corrected chi connectivity index (χ4v) is 10.6. The molecule has 0 amide bonds. The number of quaternary nitrogens is 1. The first-order chi connectivity index (χ1) is 8.89. The molecular weight excluding hydrogens is 293 g/mol. The maximum Gasteiger partial charge on any atom is 0.0861 e. The molecule has 0 aromatic heterocycles. The van der Waals surface area contributed by atoms with Crippen molar-refractivity contribution in [2.75, 3.05) is 45.8 Å². The SMILES string of the molecule is CCP(CC)[SH](CC[N+](C)(C)C)c1ccccc1Cl. The fourth-order valence-electron chi connectivity index (χ4n) is 2.04. The second kappa shape index (κ2) is 7.88. The first kappa shape index (κ1) is 17.3. The van der Waals surface area contributed by atoms with Gasteiger partial charge in [-0.2, -0.15) is 10.5 Å². The highest BCUT2D eigenvalue weighted by molar-refractivity contribution is 8.66. The van der Waals surface area contributed by atoms with E-state index in [0.717, 1.165) is 9.51 Å². The quantitative estimate of drug-likeness (QED) is 0.415. The molecule has 0 bridgehead atoms. The summed E-state index contributed by atoms with van der Waals surface area (Å²) in [4.78, 5) is 1.43. The highest BCUT2D eigenvalue weighted by Gasteiger charge is 2.21. The Hall–Kier alpha value is 0.250. The Kier molecular flexibility index (Phi) is 7.18. The van der Waals surface area contributed by atoms with E-state index in [-0.39, 0.29) is 17.6 Å². The van der Waals surface area contributed by atoms with Crippen molar-refractivity contribution in [1.29, 1.82) is 0 Å². The second-order valence-electron chi connectivity index (χ2n) is 5.73. The molecule has 1 aromatic carbocycles. The van der Waals surface area contributed by atoms with Crippen molar-refractivity contribution in [3.05, 3.63) is 29.3 Å².